The largest absolute Gasteiger partial charge is 0.493 e. The monoisotopic (exact) mass is 449 g/mol. The van der Waals surface area contributed by atoms with Crippen LogP contribution in [-0.4, -0.2) is 45.2 Å². The number of nitrogens with zero attached hydrogens (tertiary/aromatic N) is 4. The summed E-state index contributed by atoms with van der Waals surface area (Å²) in [5.74, 6) is 0.596. The minimum atomic E-state index is -0.364. The summed E-state index contributed by atoms with van der Waals surface area (Å²) in [5, 5.41) is 19.1. The zero-order chi connectivity index (χ0) is 22.9. The van der Waals surface area contributed by atoms with Gasteiger partial charge in [-0.2, -0.15) is 10.2 Å². The SMILES string of the molecule is CNCCCOc1cc2c3c(n[nH]c(=O)c3c1)[C@H](c1ncnn1C)[C@@H](c1ccc(F)cc1)N2. The second kappa shape index (κ2) is 8.62. The van der Waals surface area contributed by atoms with Crippen LogP contribution < -0.4 is 20.9 Å². The second-order valence-corrected chi connectivity index (χ2v) is 8.03. The van der Waals surface area contributed by atoms with Crippen molar-refractivity contribution < 1.29 is 9.13 Å². The molecule has 4 aromatic rings. The van der Waals surface area contributed by atoms with Crippen molar-refractivity contribution in [3.05, 3.63) is 76.0 Å². The van der Waals surface area contributed by atoms with E-state index in [1.807, 2.05) is 20.2 Å². The Bertz CT molecular complexity index is 1350. The molecule has 2 atom stereocenters. The van der Waals surface area contributed by atoms with Crippen molar-refractivity contribution in [1.82, 2.24) is 30.3 Å². The zero-order valence-electron chi connectivity index (χ0n) is 18.3. The third-order valence-corrected chi connectivity index (χ3v) is 5.92. The Labute approximate surface area is 189 Å². The topological polar surface area (TPSA) is 110 Å². The van der Waals surface area contributed by atoms with Crippen LogP contribution in [0.25, 0.3) is 10.8 Å². The maximum absolute atomic E-state index is 13.7. The first kappa shape index (κ1) is 21.1. The Morgan fingerprint density at radius 1 is 1.24 bits per heavy atom. The maximum Gasteiger partial charge on any atom is 0.272 e. The van der Waals surface area contributed by atoms with Gasteiger partial charge in [-0.15, -0.1) is 0 Å². The van der Waals surface area contributed by atoms with Gasteiger partial charge in [0.05, 0.1) is 29.6 Å². The van der Waals surface area contributed by atoms with Gasteiger partial charge < -0.3 is 15.4 Å². The average molecular weight is 449 g/mol. The summed E-state index contributed by atoms with van der Waals surface area (Å²) < 4.78 is 21.3. The van der Waals surface area contributed by atoms with Crippen LogP contribution in [0.2, 0.25) is 0 Å². The molecule has 0 aliphatic carbocycles. The molecule has 3 N–H and O–H groups in total. The van der Waals surface area contributed by atoms with Crippen LogP contribution in [-0.2, 0) is 7.05 Å². The number of halogens is 1. The zero-order valence-corrected chi connectivity index (χ0v) is 18.3. The van der Waals surface area contributed by atoms with E-state index in [1.165, 1.54) is 18.5 Å². The molecule has 0 saturated heterocycles. The first-order valence-electron chi connectivity index (χ1n) is 10.8. The molecule has 33 heavy (non-hydrogen) atoms. The summed E-state index contributed by atoms with van der Waals surface area (Å²) in [6.07, 6.45) is 2.32. The molecule has 3 heterocycles. The highest BCUT2D eigenvalue weighted by Gasteiger charge is 2.37. The van der Waals surface area contributed by atoms with Crippen molar-refractivity contribution in [2.24, 2.45) is 7.05 Å². The van der Waals surface area contributed by atoms with Gasteiger partial charge in [0.1, 0.15) is 23.7 Å². The van der Waals surface area contributed by atoms with Crippen LogP contribution in [0.1, 0.15) is 35.5 Å². The molecular formula is C23H24FN7O2. The minimum Gasteiger partial charge on any atom is -0.493 e. The van der Waals surface area contributed by atoms with Gasteiger partial charge in [0.2, 0.25) is 0 Å². The molecule has 10 heteroatoms. The fourth-order valence-corrected chi connectivity index (χ4v) is 4.37. The van der Waals surface area contributed by atoms with Crippen molar-refractivity contribution in [2.45, 2.75) is 18.4 Å². The molecule has 0 saturated carbocycles. The van der Waals surface area contributed by atoms with Gasteiger partial charge in [-0.25, -0.2) is 14.5 Å². The fraction of sp³-hybridized carbons (Fsp3) is 0.304. The number of aromatic nitrogens is 5. The molecule has 0 spiro atoms. The van der Waals surface area contributed by atoms with Gasteiger partial charge >= 0.3 is 0 Å². The average Bonchev–Trinajstić information content (AvgIpc) is 3.24. The summed E-state index contributed by atoms with van der Waals surface area (Å²) >= 11 is 0. The summed E-state index contributed by atoms with van der Waals surface area (Å²) in [6.45, 7) is 1.35. The number of anilines is 1. The van der Waals surface area contributed by atoms with Crippen molar-refractivity contribution in [3.8, 4) is 5.75 Å². The van der Waals surface area contributed by atoms with Crippen LogP contribution in [0.15, 0.2) is 47.5 Å². The summed E-state index contributed by atoms with van der Waals surface area (Å²) in [5.41, 5.74) is 1.97. The molecule has 0 amide bonds. The highest BCUT2D eigenvalue weighted by Crippen LogP contribution is 2.46. The van der Waals surface area contributed by atoms with E-state index in [0.717, 1.165) is 24.2 Å². The van der Waals surface area contributed by atoms with Gasteiger partial charge in [-0.1, -0.05) is 12.1 Å². The van der Waals surface area contributed by atoms with E-state index in [0.29, 0.717) is 34.6 Å². The number of hydrogen-bond acceptors (Lipinski definition) is 7. The Balaban J connectivity index is 1.67. The van der Waals surface area contributed by atoms with Crippen LogP contribution in [0, 0.1) is 5.82 Å². The number of rotatable bonds is 7. The number of benzene rings is 2. The van der Waals surface area contributed by atoms with Crippen LogP contribution in [0.5, 0.6) is 5.75 Å². The number of H-pyrrole nitrogens is 1. The van der Waals surface area contributed by atoms with E-state index in [4.69, 9.17) is 4.74 Å². The summed E-state index contributed by atoms with van der Waals surface area (Å²) in [7, 11) is 3.70. The smallest absolute Gasteiger partial charge is 0.272 e. The predicted molar refractivity (Wildman–Crippen MR) is 122 cm³/mol. The van der Waals surface area contributed by atoms with E-state index < -0.39 is 0 Å². The summed E-state index contributed by atoms with van der Waals surface area (Å²) in [4.78, 5) is 17.2. The standard InChI is InChI=1S/C23H24FN7O2/c1-25-8-3-9-33-15-10-16-18-17(11-15)28-20(13-4-6-14(24)7-5-13)19(21(18)29-30-23(16)32)22-26-12-27-31(22)2/h4-7,10-12,19-20,25,28H,3,8-9H2,1-2H3,(H,30,32)/t19-,20-/m1/s1. The molecule has 5 rings (SSSR count). The first-order valence-corrected chi connectivity index (χ1v) is 10.8. The minimum absolute atomic E-state index is 0.297. The molecule has 0 radical (unpaired) electrons. The van der Waals surface area contributed by atoms with E-state index in [9.17, 15) is 9.18 Å². The number of aromatic amines is 1. The number of nitrogens with one attached hydrogen (secondary N) is 3. The highest BCUT2D eigenvalue weighted by atomic mass is 19.1. The Kier molecular flexibility index (Phi) is 5.51. The second-order valence-electron chi connectivity index (χ2n) is 8.03. The Morgan fingerprint density at radius 2 is 2.06 bits per heavy atom. The number of hydrogen-bond donors (Lipinski definition) is 3. The Hall–Kier alpha value is -3.79. The molecule has 1 aliphatic heterocycles. The molecule has 9 nitrogen and oxygen atoms in total. The molecule has 0 bridgehead atoms. The lowest BCUT2D eigenvalue weighted by Crippen LogP contribution is -2.30. The van der Waals surface area contributed by atoms with Crippen molar-refractivity contribution >= 4 is 16.5 Å². The van der Waals surface area contributed by atoms with Gasteiger partial charge in [0.15, 0.2) is 0 Å². The van der Waals surface area contributed by atoms with E-state index in [-0.39, 0.29) is 23.3 Å². The third-order valence-electron chi connectivity index (χ3n) is 5.92. The van der Waals surface area contributed by atoms with Crippen LogP contribution in [0.3, 0.4) is 0 Å². The van der Waals surface area contributed by atoms with E-state index in [1.54, 1.807) is 22.9 Å². The quantitative estimate of drug-likeness (QED) is 0.372. The highest BCUT2D eigenvalue weighted by molar-refractivity contribution is 5.98. The van der Waals surface area contributed by atoms with E-state index >= 15 is 0 Å². The lowest BCUT2D eigenvalue weighted by molar-refractivity contribution is 0.310. The third kappa shape index (κ3) is 3.82. The summed E-state index contributed by atoms with van der Waals surface area (Å²) in [6, 6.07) is 9.65. The molecular weight excluding hydrogens is 425 g/mol. The van der Waals surface area contributed by atoms with Crippen LogP contribution in [0.4, 0.5) is 10.1 Å². The number of aryl methyl sites for hydroxylation is 1. The van der Waals surface area contributed by atoms with Gasteiger partial charge in [-0.3, -0.25) is 9.48 Å². The Morgan fingerprint density at radius 3 is 2.79 bits per heavy atom. The fourth-order valence-electron chi connectivity index (χ4n) is 4.37. The van der Waals surface area contributed by atoms with Gasteiger partial charge in [0, 0.05) is 24.2 Å². The van der Waals surface area contributed by atoms with Gasteiger partial charge in [-0.05, 0) is 43.8 Å². The molecule has 2 aromatic carbocycles. The maximum atomic E-state index is 13.7. The molecule has 0 fully saturated rings. The molecule has 170 valence electrons. The van der Waals surface area contributed by atoms with Crippen molar-refractivity contribution in [1.29, 1.82) is 0 Å². The molecule has 0 unspecified atom stereocenters. The van der Waals surface area contributed by atoms with Crippen molar-refractivity contribution in [3.63, 3.8) is 0 Å². The van der Waals surface area contributed by atoms with Gasteiger partial charge in [0.25, 0.3) is 5.56 Å². The van der Waals surface area contributed by atoms with E-state index in [2.05, 4.69) is 30.9 Å². The van der Waals surface area contributed by atoms with Crippen molar-refractivity contribution in [2.75, 3.05) is 25.5 Å². The lowest BCUT2D eigenvalue weighted by atomic mass is 9.83. The van der Waals surface area contributed by atoms with Crippen LogP contribution >= 0.6 is 0 Å². The number of ether oxygens (including phenoxy) is 1. The normalized spacial score (nSPS) is 17.2. The molecule has 1 aliphatic rings. The molecule has 2 aromatic heterocycles. The lowest BCUT2D eigenvalue weighted by Gasteiger charge is -2.34. The first-order chi connectivity index (χ1) is 16.1. The predicted octanol–water partition coefficient (Wildman–Crippen LogP) is 2.48.